The second-order valence-electron chi connectivity index (χ2n) is 7.53. The van der Waals surface area contributed by atoms with Crippen LogP contribution in [0.15, 0.2) is 56.6 Å². The lowest BCUT2D eigenvalue weighted by molar-refractivity contribution is 0.0734. The molecule has 0 spiro atoms. The van der Waals surface area contributed by atoms with Crippen molar-refractivity contribution in [3.05, 3.63) is 64.0 Å². The minimum absolute atomic E-state index is 0.0243. The van der Waals surface area contributed by atoms with E-state index in [0.29, 0.717) is 5.58 Å². The third-order valence-electron chi connectivity index (χ3n) is 4.61. The van der Waals surface area contributed by atoms with Gasteiger partial charge in [0.2, 0.25) is 10.0 Å². The number of aryl methyl sites for hydroxylation is 1. The molecule has 0 saturated heterocycles. The van der Waals surface area contributed by atoms with Gasteiger partial charge in [0.25, 0.3) is 0 Å². The van der Waals surface area contributed by atoms with Gasteiger partial charge in [-0.05, 0) is 56.2 Å². The maximum atomic E-state index is 12.7. The van der Waals surface area contributed by atoms with E-state index in [9.17, 15) is 18.0 Å². The zero-order chi connectivity index (χ0) is 23.5. The first-order valence-corrected chi connectivity index (χ1v) is 11.6. The molecule has 0 fully saturated rings. The number of hydrogen-bond donors (Lipinski definition) is 1. The molecule has 0 aliphatic heterocycles. The summed E-state index contributed by atoms with van der Waals surface area (Å²) in [4.78, 5) is 24.4. The fourth-order valence-electron chi connectivity index (χ4n) is 3.30. The monoisotopic (exact) mass is 459 g/mol. The maximum Gasteiger partial charge on any atom is 0.343 e. The Labute approximate surface area is 186 Å². The Hall–Kier alpha value is -3.17. The van der Waals surface area contributed by atoms with Crippen LogP contribution in [0, 0.1) is 0 Å². The highest BCUT2D eigenvalue weighted by molar-refractivity contribution is 7.89. The average molecular weight is 460 g/mol. The Morgan fingerprint density at radius 2 is 1.88 bits per heavy atom. The van der Waals surface area contributed by atoms with Crippen LogP contribution in [0.2, 0.25) is 0 Å². The van der Waals surface area contributed by atoms with Crippen LogP contribution in [0.3, 0.4) is 0 Å². The number of methoxy groups -OCH3 is 1. The fraction of sp³-hybridized carbons (Fsp3) is 0.304. The largest absolute Gasteiger partial charge is 0.495 e. The summed E-state index contributed by atoms with van der Waals surface area (Å²) in [5, 5.41) is 0.767. The normalized spacial score (nSPS) is 11.7. The minimum atomic E-state index is -3.91. The number of hydrogen-bond acceptors (Lipinski definition) is 7. The van der Waals surface area contributed by atoms with Crippen molar-refractivity contribution in [2.45, 2.75) is 44.6 Å². The van der Waals surface area contributed by atoms with Crippen molar-refractivity contribution in [2.75, 3.05) is 7.11 Å². The van der Waals surface area contributed by atoms with Gasteiger partial charge in [-0.2, -0.15) is 0 Å². The van der Waals surface area contributed by atoms with Crippen molar-refractivity contribution in [1.29, 1.82) is 0 Å². The molecule has 0 aliphatic carbocycles. The molecule has 1 N–H and O–H groups in total. The van der Waals surface area contributed by atoms with Crippen molar-refractivity contribution in [1.82, 2.24) is 4.72 Å². The SMILES string of the molecule is CCCc1cc(=O)oc2cc(OC(=O)c3ccc(OC)c(S(=O)(=O)NC(C)C)c3)ccc12. The second-order valence-corrected chi connectivity index (χ2v) is 9.21. The van der Waals surface area contributed by atoms with Gasteiger partial charge < -0.3 is 13.9 Å². The summed E-state index contributed by atoms with van der Waals surface area (Å²) in [6.07, 6.45) is 1.58. The molecule has 0 atom stereocenters. The number of nitrogens with one attached hydrogen (secondary N) is 1. The molecule has 1 heterocycles. The molecule has 3 aromatic rings. The zero-order valence-electron chi connectivity index (χ0n) is 18.3. The van der Waals surface area contributed by atoms with Gasteiger partial charge in [-0.3, -0.25) is 0 Å². The van der Waals surface area contributed by atoms with E-state index in [0.717, 1.165) is 23.8 Å². The summed E-state index contributed by atoms with van der Waals surface area (Å²) in [5.74, 6) is -0.495. The van der Waals surface area contributed by atoms with E-state index in [4.69, 9.17) is 13.9 Å². The Morgan fingerprint density at radius 1 is 1.12 bits per heavy atom. The fourth-order valence-corrected chi connectivity index (χ4v) is 4.75. The first kappa shape index (κ1) is 23.5. The molecule has 32 heavy (non-hydrogen) atoms. The predicted molar refractivity (Wildman–Crippen MR) is 120 cm³/mol. The van der Waals surface area contributed by atoms with Crippen LogP contribution >= 0.6 is 0 Å². The maximum absolute atomic E-state index is 12.7. The Kier molecular flexibility index (Phi) is 7.00. The van der Waals surface area contributed by atoms with Gasteiger partial charge in [0.1, 0.15) is 22.0 Å². The van der Waals surface area contributed by atoms with Crippen LogP contribution in [-0.2, 0) is 16.4 Å². The van der Waals surface area contributed by atoms with E-state index in [1.54, 1.807) is 26.0 Å². The number of carbonyl (C=O) groups is 1. The number of fused-ring (bicyclic) bond motifs is 1. The Bertz CT molecular complexity index is 1310. The van der Waals surface area contributed by atoms with Gasteiger partial charge in [-0.15, -0.1) is 0 Å². The molecule has 1 aromatic heterocycles. The number of esters is 1. The molecule has 2 aromatic carbocycles. The molecule has 170 valence electrons. The molecule has 0 radical (unpaired) electrons. The van der Waals surface area contributed by atoms with E-state index < -0.39 is 21.6 Å². The summed E-state index contributed by atoms with van der Waals surface area (Å²) in [6.45, 7) is 5.38. The van der Waals surface area contributed by atoms with Crippen LogP contribution in [0.5, 0.6) is 11.5 Å². The molecule has 0 amide bonds. The molecule has 0 unspecified atom stereocenters. The molecular weight excluding hydrogens is 434 g/mol. The molecular formula is C23H25NO7S. The summed E-state index contributed by atoms with van der Waals surface area (Å²) in [6, 6.07) is 9.91. The summed E-state index contributed by atoms with van der Waals surface area (Å²) in [5.41, 5.74) is 0.716. The highest BCUT2D eigenvalue weighted by Crippen LogP contribution is 2.27. The Morgan fingerprint density at radius 3 is 2.53 bits per heavy atom. The van der Waals surface area contributed by atoms with E-state index in [-0.39, 0.29) is 28.0 Å². The second kappa shape index (κ2) is 9.54. The molecule has 9 heteroatoms. The van der Waals surface area contributed by atoms with Gasteiger partial charge in [0, 0.05) is 23.6 Å². The van der Waals surface area contributed by atoms with Crippen LogP contribution in [0.1, 0.15) is 43.1 Å². The first-order valence-electron chi connectivity index (χ1n) is 10.1. The molecule has 0 aliphatic rings. The number of ether oxygens (including phenoxy) is 2. The van der Waals surface area contributed by atoms with Gasteiger partial charge in [-0.25, -0.2) is 22.7 Å². The van der Waals surface area contributed by atoms with Crippen molar-refractivity contribution in [2.24, 2.45) is 0 Å². The number of carbonyl (C=O) groups excluding carboxylic acids is 1. The smallest absolute Gasteiger partial charge is 0.343 e. The van der Waals surface area contributed by atoms with Crippen molar-refractivity contribution in [3.63, 3.8) is 0 Å². The highest BCUT2D eigenvalue weighted by Gasteiger charge is 2.23. The van der Waals surface area contributed by atoms with Crippen LogP contribution in [0.25, 0.3) is 11.0 Å². The number of sulfonamides is 1. The van der Waals surface area contributed by atoms with Crippen molar-refractivity contribution in [3.8, 4) is 11.5 Å². The third kappa shape index (κ3) is 5.17. The first-order chi connectivity index (χ1) is 15.1. The molecule has 0 bridgehead atoms. The topological polar surface area (TPSA) is 112 Å². The summed E-state index contributed by atoms with van der Waals surface area (Å²) >= 11 is 0. The summed E-state index contributed by atoms with van der Waals surface area (Å²) < 4.78 is 43.5. The van der Waals surface area contributed by atoms with Gasteiger partial charge in [0.15, 0.2) is 0 Å². The van der Waals surface area contributed by atoms with Gasteiger partial charge >= 0.3 is 11.6 Å². The van der Waals surface area contributed by atoms with E-state index >= 15 is 0 Å². The molecule has 8 nitrogen and oxygen atoms in total. The Balaban J connectivity index is 1.94. The van der Waals surface area contributed by atoms with Crippen molar-refractivity contribution >= 4 is 27.0 Å². The predicted octanol–water partition coefficient (Wildman–Crippen LogP) is 3.66. The standard InChI is InChI=1S/C23H25NO7S/c1-5-6-15-12-22(25)31-20-13-17(8-9-18(15)20)30-23(26)16-7-10-19(29-4)21(11-16)32(27,28)24-14(2)3/h7-14,24H,5-6H2,1-4H3. The van der Waals surface area contributed by atoms with E-state index in [1.807, 2.05) is 6.92 Å². The number of benzene rings is 2. The number of rotatable bonds is 8. The van der Waals surface area contributed by atoms with Crippen LogP contribution < -0.4 is 19.8 Å². The lowest BCUT2D eigenvalue weighted by Gasteiger charge is -2.14. The lowest BCUT2D eigenvalue weighted by atomic mass is 10.1. The average Bonchev–Trinajstić information content (AvgIpc) is 2.72. The minimum Gasteiger partial charge on any atom is -0.495 e. The van der Waals surface area contributed by atoms with E-state index in [2.05, 4.69) is 4.72 Å². The highest BCUT2D eigenvalue weighted by atomic mass is 32.2. The summed E-state index contributed by atoms with van der Waals surface area (Å²) in [7, 11) is -2.56. The third-order valence-corrected chi connectivity index (χ3v) is 6.29. The van der Waals surface area contributed by atoms with Crippen molar-refractivity contribution < 1.29 is 27.1 Å². The zero-order valence-corrected chi connectivity index (χ0v) is 19.1. The lowest BCUT2D eigenvalue weighted by Crippen LogP contribution is -2.30. The molecule has 3 rings (SSSR count). The van der Waals surface area contributed by atoms with Gasteiger partial charge in [0.05, 0.1) is 12.7 Å². The van der Waals surface area contributed by atoms with Crippen LogP contribution in [-0.4, -0.2) is 27.5 Å². The van der Waals surface area contributed by atoms with E-state index in [1.165, 1.54) is 37.4 Å². The van der Waals surface area contributed by atoms with Gasteiger partial charge in [-0.1, -0.05) is 13.3 Å². The molecule has 0 saturated carbocycles. The quantitative estimate of drug-likeness (QED) is 0.311. The van der Waals surface area contributed by atoms with Crippen LogP contribution in [0.4, 0.5) is 0 Å².